The highest BCUT2D eigenvalue weighted by atomic mass is 16.7. The first-order valence-electron chi connectivity index (χ1n) is 7.31. The van der Waals surface area contributed by atoms with Gasteiger partial charge in [-0.25, -0.2) is 0 Å². The number of carboxylic acids is 1. The van der Waals surface area contributed by atoms with Gasteiger partial charge in [-0.1, -0.05) is 13.8 Å². The first kappa shape index (κ1) is 18.4. The molecule has 4 unspecified atom stereocenters. The minimum absolute atomic E-state index is 0.215. The highest BCUT2D eigenvalue weighted by Crippen LogP contribution is 2.35. The van der Waals surface area contributed by atoms with E-state index in [2.05, 4.69) is 0 Å². The molecule has 6 nitrogen and oxygen atoms in total. The number of rotatable bonds is 6. The van der Waals surface area contributed by atoms with Gasteiger partial charge in [-0.05, 0) is 32.6 Å². The molecule has 0 aromatic rings. The van der Waals surface area contributed by atoms with Crippen molar-refractivity contribution in [3.05, 3.63) is 0 Å². The summed E-state index contributed by atoms with van der Waals surface area (Å²) in [6, 6.07) is 0. The van der Waals surface area contributed by atoms with E-state index in [1.54, 1.807) is 20.8 Å². The largest absolute Gasteiger partial charge is 0.481 e. The molecule has 0 aromatic heterocycles. The Morgan fingerprint density at radius 3 is 2.33 bits per heavy atom. The summed E-state index contributed by atoms with van der Waals surface area (Å²) in [4.78, 5) is 11.2. The third-order valence-corrected chi connectivity index (χ3v) is 3.83. The van der Waals surface area contributed by atoms with Crippen LogP contribution in [0.1, 0.15) is 47.5 Å². The average molecular weight is 304 g/mol. The fourth-order valence-electron chi connectivity index (χ4n) is 2.72. The quantitative estimate of drug-likeness (QED) is 0.686. The Labute approximate surface area is 126 Å². The van der Waals surface area contributed by atoms with Crippen molar-refractivity contribution in [2.75, 3.05) is 6.61 Å². The average Bonchev–Trinajstić information content (AvgIpc) is 2.30. The van der Waals surface area contributed by atoms with Crippen LogP contribution in [0.25, 0.3) is 0 Å². The Balaban J connectivity index is 2.55. The van der Waals surface area contributed by atoms with Crippen LogP contribution in [-0.4, -0.2) is 52.5 Å². The molecule has 0 bridgehead atoms. The van der Waals surface area contributed by atoms with Gasteiger partial charge in [-0.3, -0.25) is 4.79 Å². The maximum atomic E-state index is 11.2. The molecule has 0 aromatic carbocycles. The number of carbonyl (C=O) groups is 1. The molecule has 4 atom stereocenters. The SMILES string of the molecule is CC1OC(OCC(C)(C)CC(C)(C)C(=O)O)C(O)CC1O. The standard InChI is InChI=1S/C15H28O6/c1-9-10(16)6-11(17)12(21-9)20-8-14(2,3)7-15(4,5)13(18)19/h9-12,16-17H,6-8H2,1-5H3,(H,18,19). The van der Waals surface area contributed by atoms with Crippen molar-refractivity contribution >= 4 is 5.97 Å². The zero-order chi connectivity index (χ0) is 16.4. The summed E-state index contributed by atoms with van der Waals surface area (Å²) >= 11 is 0. The highest BCUT2D eigenvalue weighted by Gasteiger charge is 2.38. The van der Waals surface area contributed by atoms with Gasteiger partial charge in [0, 0.05) is 6.42 Å². The summed E-state index contributed by atoms with van der Waals surface area (Å²) in [5.41, 5.74) is -1.22. The third-order valence-electron chi connectivity index (χ3n) is 3.83. The Morgan fingerprint density at radius 1 is 1.24 bits per heavy atom. The molecule has 0 radical (unpaired) electrons. The van der Waals surface area contributed by atoms with Gasteiger partial charge in [0.1, 0.15) is 6.10 Å². The molecule has 124 valence electrons. The van der Waals surface area contributed by atoms with Crippen LogP contribution in [0.4, 0.5) is 0 Å². The normalized spacial score (nSPS) is 31.2. The summed E-state index contributed by atoms with van der Waals surface area (Å²) in [5.74, 6) is -0.846. The number of aliphatic carboxylic acids is 1. The molecule has 1 saturated heterocycles. The van der Waals surface area contributed by atoms with Gasteiger partial charge >= 0.3 is 5.97 Å². The van der Waals surface area contributed by atoms with Crippen molar-refractivity contribution in [1.29, 1.82) is 0 Å². The number of aliphatic hydroxyl groups excluding tert-OH is 2. The molecule has 1 fully saturated rings. The Kier molecular flexibility index (Phi) is 5.77. The molecule has 1 aliphatic rings. The smallest absolute Gasteiger partial charge is 0.309 e. The maximum Gasteiger partial charge on any atom is 0.309 e. The van der Waals surface area contributed by atoms with Gasteiger partial charge in [0.25, 0.3) is 0 Å². The van der Waals surface area contributed by atoms with E-state index in [1.807, 2.05) is 13.8 Å². The second-order valence-electron chi connectivity index (χ2n) is 7.42. The first-order valence-corrected chi connectivity index (χ1v) is 7.31. The number of hydrogen-bond acceptors (Lipinski definition) is 5. The number of hydrogen-bond donors (Lipinski definition) is 3. The molecular formula is C15H28O6. The third kappa shape index (κ3) is 5.21. The molecule has 1 aliphatic heterocycles. The zero-order valence-electron chi connectivity index (χ0n) is 13.5. The van der Waals surface area contributed by atoms with E-state index >= 15 is 0 Å². The first-order chi connectivity index (χ1) is 9.44. The van der Waals surface area contributed by atoms with Gasteiger partial charge in [0.15, 0.2) is 6.29 Å². The van der Waals surface area contributed by atoms with E-state index in [0.717, 1.165) is 0 Å². The topological polar surface area (TPSA) is 96.2 Å². The van der Waals surface area contributed by atoms with Crippen molar-refractivity contribution in [3.63, 3.8) is 0 Å². The van der Waals surface area contributed by atoms with E-state index in [4.69, 9.17) is 9.47 Å². The van der Waals surface area contributed by atoms with E-state index in [-0.39, 0.29) is 18.4 Å². The molecule has 21 heavy (non-hydrogen) atoms. The van der Waals surface area contributed by atoms with E-state index in [0.29, 0.717) is 6.42 Å². The van der Waals surface area contributed by atoms with Gasteiger partial charge in [-0.15, -0.1) is 0 Å². The van der Waals surface area contributed by atoms with Crippen molar-refractivity contribution in [3.8, 4) is 0 Å². The number of aliphatic hydroxyl groups is 2. The van der Waals surface area contributed by atoms with E-state index < -0.39 is 36.0 Å². The molecule has 0 aliphatic carbocycles. The molecular weight excluding hydrogens is 276 g/mol. The number of ether oxygens (including phenoxy) is 2. The van der Waals surface area contributed by atoms with Crippen LogP contribution in [0.2, 0.25) is 0 Å². The Bertz CT molecular complexity index is 365. The van der Waals surface area contributed by atoms with Crippen molar-refractivity contribution in [1.82, 2.24) is 0 Å². The maximum absolute atomic E-state index is 11.2. The van der Waals surface area contributed by atoms with Crippen molar-refractivity contribution in [2.24, 2.45) is 10.8 Å². The van der Waals surface area contributed by atoms with Crippen molar-refractivity contribution in [2.45, 2.75) is 72.1 Å². The summed E-state index contributed by atoms with van der Waals surface area (Å²) in [6.45, 7) is 9.21. The van der Waals surface area contributed by atoms with Crippen LogP contribution >= 0.6 is 0 Å². The monoisotopic (exact) mass is 304 g/mol. The van der Waals surface area contributed by atoms with Crippen LogP contribution in [0.5, 0.6) is 0 Å². The van der Waals surface area contributed by atoms with E-state index in [1.165, 1.54) is 0 Å². The predicted molar refractivity (Wildman–Crippen MR) is 76.7 cm³/mol. The Morgan fingerprint density at radius 2 is 1.81 bits per heavy atom. The van der Waals surface area contributed by atoms with Crippen molar-refractivity contribution < 1.29 is 29.6 Å². The van der Waals surface area contributed by atoms with Crippen LogP contribution in [0.3, 0.4) is 0 Å². The molecule has 1 heterocycles. The minimum atomic E-state index is -0.875. The Hall–Kier alpha value is -0.690. The number of carboxylic acid groups (broad SMARTS) is 1. The van der Waals surface area contributed by atoms with Crippen LogP contribution in [0, 0.1) is 10.8 Å². The summed E-state index contributed by atoms with van der Waals surface area (Å²) in [7, 11) is 0. The lowest BCUT2D eigenvalue weighted by Crippen LogP contribution is -2.48. The molecule has 3 N–H and O–H groups in total. The second kappa shape index (κ2) is 6.60. The fourth-order valence-corrected chi connectivity index (χ4v) is 2.72. The molecule has 6 heteroatoms. The minimum Gasteiger partial charge on any atom is -0.481 e. The zero-order valence-corrected chi connectivity index (χ0v) is 13.5. The molecule has 0 saturated carbocycles. The lowest BCUT2D eigenvalue weighted by atomic mass is 9.75. The van der Waals surface area contributed by atoms with Gasteiger partial charge in [-0.2, -0.15) is 0 Å². The lowest BCUT2D eigenvalue weighted by Gasteiger charge is -2.38. The molecule has 1 rings (SSSR count). The second-order valence-corrected chi connectivity index (χ2v) is 7.42. The summed E-state index contributed by atoms with van der Waals surface area (Å²) in [6.07, 6.45) is -2.09. The fraction of sp³-hybridized carbons (Fsp3) is 0.933. The lowest BCUT2D eigenvalue weighted by molar-refractivity contribution is -0.268. The molecule has 0 spiro atoms. The van der Waals surface area contributed by atoms with Crippen LogP contribution in [0.15, 0.2) is 0 Å². The summed E-state index contributed by atoms with van der Waals surface area (Å²) in [5, 5.41) is 28.7. The van der Waals surface area contributed by atoms with Crippen LogP contribution in [-0.2, 0) is 14.3 Å². The molecule has 0 amide bonds. The summed E-state index contributed by atoms with van der Waals surface area (Å²) < 4.78 is 11.1. The predicted octanol–water partition coefficient (Wildman–Crippen LogP) is 1.39. The van der Waals surface area contributed by atoms with Crippen LogP contribution < -0.4 is 0 Å². The van der Waals surface area contributed by atoms with Gasteiger partial charge < -0.3 is 24.8 Å². The highest BCUT2D eigenvalue weighted by molar-refractivity contribution is 5.73. The van der Waals surface area contributed by atoms with E-state index in [9.17, 15) is 20.1 Å². The van der Waals surface area contributed by atoms with Gasteiger partial charge in [0.05, 0.1) is 24.2 Å². The van der Waals surface area contributed by atoms with Gasteiger partial charge in [0.2, 0.25) is 0 Å².